The molecule has 0 radical (unpaired) electrons. The average Bonchev–Trinajstić information content (AvgIpc) is 3.38. The van der Waals surface area contributed by atoms with Crippen molar-refractivity contribution in [3.05, 3.63) is 58.9 Å². The Balaban J connectivity index is 1.33. The third kappa shape index (κ3) is 4.58. The number of hydrogen-bond donors (Lipinski definition) is 3. The van der Waals surface area contributed by atoms with Crippen molar-refractivity contribution < 1.29 is 13.6 Å². The molecule has 1 aromatic carbocycles. The van der Waals surface area contributed by atoms with Crippen LogP contribution in [0.4, 0.5) is 14.6 Å². The van der Waals surface area contributed by atoms with Gasteiger partial charge in [-0.3, -0.25) is 4.79 Å². The lowest BCUT2D eigenvalue weighted by atomic mass is 9.91. The van der Waals surface area contributed by atoms with Crippen LogP contribution in [0, 0.1) is 18.6 Å². The number of amides is 1. The molecule has 4 aromatic rings. The molecule has 3 aromatic heterocycles. The van der Waals surface area contributed by atoms with Crippen LogP contribution in [0.3, 0.4) is 0 Å². The minimum absolute atomic E-state index is 0.0614. The van der Waals surface area contributed by atoms with Gasteiger partial charge in [0.25, 0.3) is 5.91 Å². The first-order chi connectivity index (χ1) is 16.8. The van der Waals surface area contributed by atoms with Crippen LogP contribution in [0.25, 0.3) is 22.3 Å². The molecule has 2 atom stereocenters. The van der Waals surface area contributed by atoms with Gasteiger partial charge >= 0.3 is 0 Å². The molecule has 0 unspecified atom stereocenters. The highest BCUT2D eigenvalue weighted by molar-refractivity contribution is 6.31. The quantitative estimate of drug-likeness (QED) is 0.368. The maximum Gasteiger partial charge on any atom is 0.270 e. The van der Waals surface area contributed by atoms with Crippen molar-refractivity contribution in [2.45, 2.75) is 44.7 Å². The van der Waals surface area contributed by atoms with Gasteiger partial charge < -0.3 is 20.2 Å². The summed E-state index contributed by atoms with van der Waals surface area (Å²) in [5.74, 6) is -0.945. The number of aryl methyl sites for hydroxylation is 2. The van der Waals surface area contributed by atoms with Crippen molar-refractivity contribution in [1.29, 1.82) is 0 Å². The predicted octanol–water partition coefficient (Wildman–Crippen LogP) is 4.75. The second-order valence-electron chi connectivity index (χ2n) is 8.87. The second kappa shape index (κ2) is 9.26. The third-order valence-electron chi connectivity index (χ3n) is 6.38. The minimum atomic E-state index is -0.588. The van der Waals surface area contributed by atoms with E-state index in [-0.39, 0.29) is 40.2 Å². The highest BCUT2D eigenvalue weighted by atomic mass is 35.5. The number of nitrogens with one attached hydrogen (secondary N) is 3. The molecule has 35 heavy (non-hydrogen) atoms. The Bertz CT molecular complexity index is 1400. The lowest BCUT2D eigenvalue weighted by molar-refractivity contribution is 0.0917. The van der Waals surface area contributed by atoms with Gasteiger partial charge in [0.2, 0.25) is 0 Å². The molecule has 1 fully saturated rings. The zero-order chi connectivity index (χ0) is 24.7. The first-order valence-corrected chi connectivity index (χ1v) is 11.7. The molecule has 0 aliphatic heterocycles. The van der Waals surface area contributed by atoms with Crippen LogP contribution in [-0.2, 0) is 7.05 Å². The van der Waals surface area contributed by atoms with E-state index in [0.717, 1.165) is 25.5 Å². The molecule has 11 heteroatoms. The summed E-state index contributed by atoms with van der Waals surface area (Å²) in [6.45, 7) is 1.80. The fourth-order valence-corrected chi connectivity index (χ4v) is 4.91. The fraction of sp³-hybridized carbons (Fsp3) is 0.333. The van der Waals surface area contributed by atoms with Crippen LogP contribution in [0.1, 0.15) is 41.9 Å². The van der Waals surface area contributed by atoms with Crippen molar-refractivity contribution in [2.75, 3.05) is 5.32 Å². The molecule has 1 aliphatic rings. The van der Waals surface area contributed by atoms with Crippen LogP contribution in [0.5, 0.6) is 0 Å². The van der Waals surface area contributed by atoms with E-state index in [9.17, 15) is 13.6 Å². The maximum absolute atomic E-state index is 14.6. The number of H-pyrrole nitrogens is 1. The van der Waals surface area contributed by atoms with Crippen molar-refractivity contribution in [2.24, 2.45) is 7.05 Å². The molecule has 8 nitrogen and oxygen atoms in total. The first-order valence-electron chi connectivity index (χ1n) is 11.3. The Kier molecular flexibility index (Phi) is 6.14. The molecule has 0 bridgehead atoms. The van der Waals surface area contributed by atoms with Gasteiger partial charge in [-0.2, -0.15) is 0 Å². The standard InChI is InChI=1S/C24H24ClF2N7O/c1-12-21(34(2)11-30-12)24(35)32-15-5-3-4-14(8-15)31-23-19(27)10-29-22(33-23)17-9-28-20-16(17)6-13(25)7-18(20)26/h6-7,9-11,14-15,28H,3-5,8H2,1-2H3,(H,32,35)(H,29,31,33)/t14-,15+/m0/s1. The van der Waals surface area contributed by atoms with Crippen LogP contribution < -0.4 is 10.6 Å². The van der Waals surface area contributed by atoms with Gasteiger partial charge in [-0.05, 0) is 44.7 Å². The normalized spacial score (nSPS) is 18.1. The van der Waals surface area contributed by atoms with E-state index >= 15 is 0 Å². The van der Waals surface area contributed by atoms with E-state index in [0.29, 0.717) is 28.8 Å². The summed E-state index contributed by atoms with van der Waals surface area (Å²) >= 11 is 6.02. The zero-order valence-electron chi connectivity index (χ0n) is 19.2. The summed E-state index contributed by atoms with van der Waals surface area (Å²) in [6.07, 6.45) is 7.41. The van der Waals surface area contributed by atoms with Gasteiger partial charge in [0.15, 0.2) is 17.5 Å². The molecule has 0 spiro atoms. The van der Waals surface area contributed by atoms with Gasteiger partial charge in [0.05, 0.1) is 23.7 Å². The number of aromatic nitrogens is 5. The van der Waals surface area contributed by atoms with Gasteiger partial charge in [0, 0.05) is 41.3 Å². The van der Waals surface area contributed by atoms with Crippen LogP contribution in [0.2, 0.25) is 5.02 Å². The lowest BCUT2D eigenvalue weighted by Gasteiger charge is -2.30. The van der Waals surface area contributed by atoms with Gasteiger partial charge in [-0.1, -0.05) is 11.6 Å². The number of aromatic amines is 1. The van der Waals surface area contributed by atoms with E-state index in [1.807, 2.05) is 0 Å². The van der Waals surface area contributed by atoms with Crippen LogP contribution >= 0.6 is 11.6 Å². The molecule has 1 amide bonds. The summed E-state index contributed by atoms with van der Waals surface area (Å²) in [5.41, 5.74) is 2.00. The minimum Gasteiger partial charge on any atom is -0.365 e. The van der Waals surface area contributed by atoms with Crippen molar-refractivity contribution in [3.8, 4) is 11.4 Å². The largest absolute Gasteiger partial charge is 0.365 e. The van der Waals surface area contributed by atoms with E-state index in [1.165, 1.54) is 6.07 Å². The second-order valence-corrected chi connectivity index (χ2v) is 9.31. The Morgan fingerprint density at radius 3 is 2.77 bits per heavy atom. The molecule has 182 valence electrons. The number of fused-ring (bicyclic) bond motifs is 1. The number of carbonyl (C=O) groups excluding carboxylic acids is 1. The van der Waals surface area contributed by atoms with Crippen molar-refractivity contribution in [1.82, 2.24) is 29.8 Å². The monoisotopic (exact) mass is 499 g/mol. The first kappa shape index (κ1) is 23.2. The third-order valence-corrected chi connectivity index (χ3v) is 6.59. The smallest absolute Gasteiger partial charge is 0.270 e. The van der Waals surface area contributed by atoms with Crippen molar-refractivity contribution in [3.63, 3.8) is 0 Å². The number of nitrogens with zero attached hydrogens (tertiary/aromatic N) is 4. The number of benzene rings is 1. The SMILES string of the molecule is Cc1ncn(C)c1C(=O)N[C@@H]1CCC[C@H](Nc2nc(-c3c[nH]c4c(F)cc(Cl)cc34)ncc2F)C1. The van der Waals surface area contributed by atoms with E-state index in [1.54, 1.807) is 37.1 Å². The molecule has 0 saturated heterocycles. The Hall–Kier alpha value is -3.53. The van der Waals surface area contributed by atoms with Crippen LogP contribution in [0.15, 0.2) is 30.9 Å². The number of rotatable bonds is 5. The predicted molar refractivity (Wildman–Crippen MR) is 129 cm³/mol. The molecule has 3 heterocycles. The average molecular weight is 500 g/mol. The van der Waals surface area contributed by atoms with Gasteiger partial charge in [0.1, 0.15) is 11.5 Å². The number of halogens is 3. The molecule has 1 saturated carbocycles. The lowest BCUT2D eigenvalue weighted by Crippen LogP contribution is -2.42. The van der Waals surface area contributed by atoms with Gasteiger partial charge in [-0.25, -0.2) is 23.7 Å². The number of carbonyl (C=O) groups is 1. The number of hydrogen-bond acceptors (Lipinski definition) is 5. The summed E-state index contributed by atoms with van der Waals surface area (Å²) in [7, 11) is 1.78. The highest BCUT2D eigenvalue weighted by Crippen LogP contribution is 2.32. The summed E-state index contributed by atoms with van der Waals surface area (Å²) in [6, 6.07) is 2.68. The summed E-state index contributed by atoms with van der Waals surface area (Å²) in [4.78, 5) is 28.3. The Morgan fingerprint density at radius 1 is 1.20 bits per heavy atom. The fourth-order valence-electron chi connectivity index (χ4n) is 4.71. The maximum atomic E-state index is 14.6. The summed E-state index contributed by atoms with van der Waals surface area (Å²) < 4.78 is 30.6. The summed E-state index contributed by atoms with van der Waals surface area (Å²) in [5, 5.41) is 7.01. The topological polar surface area (TPSA) is 101 Å². The number of imidazole rings is 1. The highest BCUT2D eigenvalue weighted by Gasteiger charge is 2.26. The van der Waals surface area contributed by atoms with Crippen molar-refractivity contribution >= 4 is 34.2 Å². The van der Waals surface area contributed by atoms with E-state index < -0.39 is 11.6 Å². The number of anilines is 1. The van der Waals surface area contributed by atoms with Crippen LogP contribution in [-0.4, -0.2) is 42.5 Å². The molecular weight excluding hydrogens is 476 g/mol. The van der Waals surface area contributed by atoms with E-state index in [4.69, 9.17) is 11.6 Å². The Morgan fingerprint density at radius 2 is 2.00 bits per heavy atom. The zero-order valence-corrected chi connectivity index (χ0v) is 20.0. The molecular formula is C24H24ClF2N7O. The molecule has 5 rings (SSSR count). The molecule has 3 N–H and O–H groups in total. The van der Waals surface area contributed by atoms with E-state index in [2.05, 4.69) is 30.6 Å². The Labute approximate surface area is 205 Å². The molecule has 1 aliphatic carbocycles. The van der Waals surface area contributed by atoms with Gasteiger partial charge in [-0.15, -0.1) is 0 Å².